The zero-order valence-electron chi connectivity index (χ0n) is 10.9. The number of imidazole rings is 1. The zero-order valence-corrected chi connectivity index (χ0v) is 10.9. The van der Waals surface area contributed by atoms with Gasteiger partial charge in [0.2, 0.25) is 5.88 Å². The molecule has 1 aliphatic carbocycles. The first kappa shape index (κ1) is 12.0. The fourth-order valence-corrected chi connectivity index (χ4v) is 2.16. The Hall–Kier alpha value is -2.11. The summed E-state index contributed by atoms with van der Waals surface area (Å²) in [7, 11) is 1.60. The van der Waals surface area contributed by atoms with Crippen LogP contribution in [0, 0.1) is 5.41 Å². The van der Waals surface area contributed by atoms with Gasteiger partial charge in [0.25, 0.3) is 0 Å². The monoisotopic (exact) mass is 259 g/mol. The third-order valence-electron chi connectivity index (χ3n) is 3.53. The van der Waals surface area contributed by atoms with Crippen molar-refractivity contribution in [3.63, 3.8) is 0 Å². The van der Waals surface area contributed by atoms with E-state index in [1.807, 2.05) is 24.8 Å². The second-order valence-corrected chi connectivity index (χ2v) is 5.03. The molecule has 2 aromatic rings. The van der Waals surface area contributed by atoms with E-state index in [1.165, 1.54) is 19.2 Å². The molecular formula is C13H17N5O. The molecule has 0 aliphatic heterocycles. The number of nitrogens with one attached hydrogen (secondary N) is 1. The fraction of sp³-hybridized carbons (Fsp3) is 0.462. The number of methoxy groups -OCH3 is 1. The van der Waals surface area contributed by atoms with Crippen molar-refractivity contribution in [1.29, 1.82) is 0 Å². The number of ether oxygens (including phenoxy) is 1. The summed E-state index contributed by atoms with van der Waals surface area (Å²) >= 11 is 0. The van der Waals surface area contributed by atoms with E-state index in [0.29, 0.717) is 11.3 Å². The highest BCUT2D eigenvalue weighted by atomic mass is 16.5. The standard InChI is InChI=1S/C13H17N5O/c1-19-12-6-11(16-9-17-12)15-7-13(2-3-13)8-18-5-4-14-10-18/h4-6,9-10H,2-3,7-8H2,1H3,(H,15,16,17). The lowest BCUT2D eigenvalue weighted by Crippen LogP contribution is -2.21. The van der Waals surface area contributed by atoms with Crippen molar-refractivity contribution in [3.05, 3.63) is 31.1 Å². The Balaban J connectivity index is 1.59. The molecule has 3 rings (SSSR count). The van der Waals surface area contributed by atoms with Gasteiger partial charge in [0.15, 0.2) is 0 Å². The van der Waals surface area contributed by atoms with Crippen LogP contribution in [0.25, 0.3) is 0 Å². The molecule has 6 nitrogen and oxygen atoms in total. The van der Waals surface area contributed by atoms with E-state index in [2.05, 4.69) is 24.8 Å². The molecule has 1 N–H and O–H groups in total. The van der Waals surface area contributed by atoms with Crippen LogP contribution in [0.1, 0.15) is 12.8 Å². The topological polar surface area (TPSA) is 64.9 Å². The average molecular weight is 259 g/mol. The minimum atomic E-state index is 0.332. The van der Waals surface area contributed by atoms with Crippen LogP contribution in [0.3, 0.4) is 0 Å². The highest BCUT2D eigenvalue weighted by molar-refractivity contribution is 5.37. The summed E-state index contributed by atoms with van der Waals surface area (Å²) in [6.45, 7) is 1.91. The van der Waals surface area contributed by atoms with Gasteiger partial charge in [0.05, 0.1) is 13.4 Å². The lowest BCUT2D eigenvalue weighted by Gasteiger charge is -2.17. The maximum Gasteiger partial charge on any atom is 0.218 e. The van der Waals surface area contributed by atoms with Gasteiger partial charge in [0, 0.05) is 37.0 Å². The van der Waals surface area contributed by atoms with Crippen molar-refractivity contribution in [2.75, 3.05) is 19.0 Å². The van der Waals surface area contributed by atoms with Crippen molar-refractivity contribution in [2.45, 2.75) is 19.4 Å². The molecule has 0 spiro atoms. The first-order valence-electron chi connectivity index (χ1n) is 6.35. The van der Waals surface area contributed by atoms with E-state index in [9.17, 15) is 0 Å². The first-order valence-corrected chi connectivity index (χ1v) is 6.35. The molecule has 0 aromatic carbocycles. The maximum atomic E-state index is 5.08. The van der Waals surface area contributed by atoms with Crippen molar-refractivity contribution in [1.82, 2.24) is 19.5 Å². The minimum absolute atomic E-state index is 0.332. The molecule has 0 unspecified atom stereocenters. The molecule has 1 fully saturated rings. The number of anilines is 1. The second kappa shape index (κ2) is 4.87. The van der Waals surface area contributed by atoms with E-state index in [0.717, 1.165) is 18.9 Å². The van der Waals surface area contributed by atoms with Gasteiger partial charge < -0.3 is 14.6 Å². The van der Waals surface area contributed by atoms with Crippen molar-refractivity contribution < 1.29 is 4.74 Å². The Morgan fingerprint density at radius 1 is 1.42 bits per heavy atom. The highest BCUT2D eigenvalue weighted by Gasteiger charge is 2.42. The predicted molar refractivity (Wildman–Crippen MR) is 71.0 cm³/mol. The first-order chi connectivity index (χ1) is 9.30. The van der Waals surface area contributed by atoms with Crippen LogP contribution in [-0.2, 0) is 6.54 Å². The predicted octanol–water partition coefficient (Wildman–Crippen LogP) is 1.57. The molecule has 6 heteroatoms. The molecule has 0 saturated heterocycles. The average Bonchev–Trinajstić information content (AvgIpc) is 3.01. The number of rotatable bonds is 6. The van der Waals surface area contributed by atoms with Gasteiger partial charge in [-0.1, -0.05) is 0 Å². The molecule has 2 aromatic heterocycles. The molecule has 100 valence electrons. The summed E-state index contributed by atoms with van der Waals surface area (Å²) < 4.78 is 7.22. The molecule has 1 aliphatic rings. The normalized spacial score (nSPS) is 16.1. The van der Waals surface area contributed by atoms with E-state index in [-0.39, 0.29) is 0 Å². The smallest absolute Gasteiger partial charge is 0.218 e. The summed E-state index contributed by atoms with van der Waals surface area (Å²) in [6.07, 6.45) is 9.68. The molecule has 2 heterocycles. The van der Waals surface area contributed by atoms with Gasteiger partial charge >= 0.3 is 0 Å². The molecule has 0 atom stereocenters. The fourth-order valence-electron chi connectivity index (χ4n) is 2.16. The number of aromatic nitrogens is 4. The van der Waals surface area contributed by atoms with Gasteiger partial charge in [-0.05, 0) is 12.8 Å². The van der Waals surface area contributed by atoms with Crippen LogP contribution in [-0.4, -0.2) is 33.2 Å². The van der Waals surface area contributed by atoms with Gasteiger partial charge in [-0.15, -0.1) is 0 Å². The highest BCUT2D eigenvalue weighted by Crippen LogP contribution is 2.47. The van der Waals surface area contributed by atoms with Crippen LogP contribution in [0.4, 0.5) is 5.82 Å². The van der Waals surface area contributed by atoms with Gasteiger partial charge in [-0.3, -0.25) is 0 Å². The van der Waals surface area contributed by atoms with Crippen LogP contribution >= 0.6 is 0 Å². The third-order valence-corrected chi connectivity index (χ3v) is 3.53. The third kappa shape index (κ3) is 2.83. The number of hydrogen-bond donors (Lipinski definition) is 1. The number of hydrogen-bond acceptors (Lipinski definition) is 5. The van der Waals surface area contributed by atoms with Crippen LogP contribution in [0.5, 0.6) is 5.88 Å². The summed E-state index contributed by atoms with van der Waals surface area (Å²) in [5.74, 6) is 1.39. The molecular weight excluding hydrogens is 242 g/mol. The van der Waals surface area contributed by atoms with Crippen molar-refractivity contribution in [2.24, 2.45) is 5.41 Å². The summed E-state index contributed by atoms with van der Waals surface area (Å²) in [4.78, 5) is 12.3. The Kier molecular flexibility index (Phi) is 3.06. The van der Waals surface area contributed by atoms with E-state index in [4.69, 9.17) is 4.74 Å². The summed E-state index contributed by atoms with van der Waals surface area (Å²) in [5, 5.41) is 3.37. The molecule has 0 amide bonds. The molecule has 19 heavy (non-hydrogen) atoms. The molecule has 0 bridgehead atoms. The summed E-state index contributed by atoms with van der Waals surface area (Å²) in [6, 6.07) is 1.81. The van der Waals surface area contributed by atoms with Gasteiger partial charge in [-0.2, -0.15) is 0 Å². The molecule has 1 saturated carbocycles. The minimum Gasteiger partial charge on any atom is -0.481 e. The SMILES string of the molecule is COc1cc(NCC2(Cn3ccnc3)CC2)ncn1. The van der Waals surface area contributed by atoms with Crippen LogP contribution in [0.15, 0.2) is 31.1 Å². The van der Waals surface area contributed by atoms with E-state index >= 15 is 0 Å². The van der Waals surface area contributed by atoms with Crippen molar-refractivity contribution in [3.8, 4) is 5.88 Å². The van der Waals surface area contributed by atoms with Crippen LogP contribution in [0.2, 0.25) is 0 Å². The Morgan fingerprint density at radius 2 is 2.32 bits per heavy atom. The lowest BCUT2D eigenvalue weighted by atomic mass is 10.1. The Morgan fingerprint density at radius 3 is 3.00 bits per heavy atom. The Labute approximate surface area is 111 Å². The van der Waals surface area contributed by atoms with E-state index < -0.39 is 0 Å². The Bertz CT molecular complexity index is 536. The second-order valence-electron chi connectivity index (χ2n) is 5.03. The van der Waals surface area contributed by atoms with Gasteiger partial charge in [-0.25, -0.2) is 15.0 Å². The van der Waals surface area contributed by atoms with Gasteiger partial charge in [0.1, 0.15) is 12.1 Å². The quantitative estimate of drug-likeness (QED) is 0.853. The van der Waals surface area contributed by atoms with E-state index in [1.54, 1.807) is 7.11 Å². The lowest BCUT2D eigenvalue weighted by molar-refractivity contribution is 0.396. The number of nitrogens with zero attached hydrogens (tertiary/aromatic N) is 4. The largest absolute Gasteiger partial charge is 0.481 e. The zero-order chi connectivity index (χ0) is 13.1. The summed E-state index contributed by atoms with van der Waals surface area (Å²) in [5.41, 5.74) is 0.332. The van der Waals surface area contributed by atoms with Crippen LogP contribution < -0.4 is 10.1 Å². The maximum absolute atomic E-state index is 5.08. The molecule has 0 radical (unpaired) electrons. The van der Waals surface area contributed by atoms with Crippen molar-refractivity contribution >= 4 is 5.82 Å².